The molecule has 4 rings (SSSR count). The molecule has 1 aliphatic carbocycles. The van der Waals surface area contributed by atoms with Crippen molar-refractivity contribution in [3.63, 3.8) is 0 Å². The van der Waals surface area contributed by atoms with Gasteiger partial charge in [0, 0.05) is 43.5 Å². The number of rotatable bonds is 6. The van der Waals surface area contributed by atoms with Crippen molar-refractivity contribution in [2.24, 2.45) is 0 Å². The smallest absolute Gasteiger partial charge is 0.291 e. The number of hydrogen-bond acceptors (Lipinski definition) is 5. The first-order chi connectivity index (χ1) is 14.5. The Morgan fingerprint density at radius 2 is 1.70 bits per heavy atom. The molecule has 0 radical (unpaired) electrons. The van der Waals surface area contributed by atoms with Crippen molar-refractivity contribution < 1.29 is 18.8 Å². The van der Waals surface area contributed by atoms with Gasteiger partial charge in [-0.25, -0.2) is 0 Å². The van der Waals surface area contributed by atoms with Gasteiger partial charge in [0.1, 0.15) is 0 Å². The molecule has 8 nitrogen and oxygen atoms in total. The molecule has 2 aromatic rings. The molecule has 1 saturated heterocycles. The predicted octanol–water partition coefficient (Wildman–Crippen LogP) is 2.33. The average Bonchev–Trinajstić information content (AvgIpc) is 3.44. The number of hydrogen-bond donors (Lipinski definition) is 2. The Labute approximate surface area is 182 Å². The summed E-state index contributed by atoms with van der Waals surface area (Å²) in [6.45, 7) is 2.91. The van der Waals surface area contributed by atoms with E-state index in [0.29, 0.717) is 54.7 Å². The highest BCUT2D eigenvalue weighted by Crippen LogP contribution is 2.19. The van der Waals surface area contributed by atoms with E-state index in [1.807, 2.05) is 0 Å². The zero-order valence-corrected chi connectivity index (χ0v) is 18.0. The number of carbonyl (C=O) groups excluding carboxylic acids is 3. The molecule has 9 heteroatoms. The Bertz CT molecular complexity index is 931. The summed E-state index contributed by atoms with van der Waals surface area (Å²) in [6.07, 6.45) is 2.16. The maximum absolute atomic E-state index is 12.8. The number of furan rings is 1. The fraction of sp³-hybridized carbons (Fsp3) is 0.381. The number of halogens is 1. The second kappa shape index (κ2) is 9.01. The molecule has 1 saturated carbocycles. The number of nitrogens with zero attached hydrogens (tertiary/aromatic N) is 2. The molecule has 158 valence electrons. The van der Waals surface area contributed by atoms with Gasteiger partial charge in [-0.1, -0.05) is 0 Å². The van der Waals surface area contributed by atoms with E-state index in [2.05, 4.69) is 31.5 Å². The van der Waals surface area contributed by atoms with E-state index >= 15 is 0 Å². The van der Waals surface area contributed by atoms with Crippen molar-refractivity contribution in [3.05, 3.63) is 52.4 Å². The zero-order valence-electron chi connectivity index (χ0n) is 16.4. The number of piperazine rings is 1. The molecule has 2 fully saturated rings. The molecule has 1 aliphatic heterocycles. The van der Waals surface area contributed by atoms with E-state index in [-0.39, 0.29) is 23.5 Å². The summed E-state index contributed by atoms with van der Waals surface area (Å²) in [6, 6.07) is 10.4. The largest absolute Gasteiger partial charge is 0.444 e. The number of amides is 3. The third-order valence-electron chi connectivity index (χ3n) is 5.16. The highest BCUT2D eigenvalue weighted by atomic mass is 79.9. The Balaban J connectivity index is 1.26. The van der Waals surface area contributed by atoms with Gasteiger partial charge in [0.2, 0.25) is 5.91 Å². The minimum Gasteiger partial charge on any atom is -0.444 e. The van der Waals surface area contributed by atoms with Crippen LogP contribution < -0.4 is 10.6 Å². The van der Waals surface area contributed by atoms with Crippen LogP contribution in [0, 0.1) is 0 Å². The van der Waals surface area contributed by atoms with Crippen molar-refractivity contribution in [1.29, 1.82) is 0 Å². The lowest BCUT2D eigenvalue weighted by atomic mass is 10.1. The number of benzene rings is 1. The molecule has 30 heavy (non-hydrogen) atoms. The average molecular weight is 475 g/mol. The molecule has 1 aromatic carbocycles. The van der Waals surface area contributed by atoms with Gasteiger partial charge in [0.15, 0.2) is 10.4 Å². The van der Waals surface area contributed by atoms with Crippen LogP contribution in [0.1, 0.15) is 33.8 Å². The molecular formula is C21H23BrN4O4. The zero-order chi connectivity index (χ0) is 21.1. The van der Waals surface area contributed by atoms with Crippen LogP contribution in [-0.4, -0.2) is 66.3 Å². The number of carbonyl (C=O) groups is 3. The molecule has 2 N–H and O–H groups in total. The van der Waals surface area contributed by atoms with Crippen LogP contribution in [0.4, 0.5) is 5.69 Å². The molecule has 1 aromatic heterocycles. The van der Waals surface area contributed by atoms with Crippen molar-refractivity contribution in [3.8, 4) is 0 Å². The van der Waals surface area contributed by atoms with Crippen LogP contribution in [-0.2, 0) is 4.79 Å². The Kier molecular flexibility index (Phi) is 6.19. The Hall–Kier alpha value is -2.65. The Morgan fingerprint density at radius 3 is 2.30 bits per heavy atom. The van der Waals surface area contributed by atoms with Crippen LogP contribution in [0.3, 0.4) is 0 Å². The minimum atomic E-state index is -0.360. The van der Waals surface area contributed by atoms with E-state index < -0.39 is 0 Å². The summed E-state index contributed by atoms with van der Waals surface area (Å²) < 4.78 is 5.71. The fourth-order valence-corrected chi connectivity index (χ4v) is 3.63. The first-order valence-corrected chi connectivity index (χ1v) is 10.7. The molecule has 2 aliphatic rings. The lowest BCUT2D eigenvalue weighted by Gasteiger charge is -2.34. The summed E-state index contributed by atoms with van der Waals surface area (Å²) >= 11 is 3.16. The van der Waals surface area contributed by atoms with Crippen LogP contribution >= 0.6 is 15.9 Å². The van der Waals surface area contributed by atoms with Gasteiger partial charge in [0.25, 0.3) is 11.8 Å². The van der Waals surface area contributed by atoms with E-state index in [1.54, 1.807) is 41.3 Å². The van der Waals surface area contributed by atoms with E-state index in [1.165, 1.54) is 0 Å². The summed E-state index contributed by atoms with van der Waals surface area (Å²) in [5.74, 6) is -0.144. The highest BCUT2D eigenvalue weighted by molar-refractivity contribution is 9.10. The molecule has 0 spiro atoms. The summed E-state index contributed by atoms with van der Waals surface area (Å²) in [7, 11) is 0. The molecular weight excluding hydrogens is 452 g/mol. The van der Waals surface area contributed by atoms with Gasteiger partial charge >= 0.3 is 0 Å². The number of anilines is 1. The van der Waals surface area contributed by atoms with Crippen LogP contribution in [0.2, 0.25) is 0 Å². The van der Waals surface area contributed by atoms with Gasteiger partial charge in [-0.15, -0.1) is 0 Å². The molecule has 2 heterocycles. The summed E-state index contributed by atoms with van der Waals surface area (Å²) in [5.41, 5.74) is 1.14. The Morgan fingerprint density at radius 1 is 1.00 bits per heavy atom. The third-order valence-corrected chi connectivity index (χ3v) is 5.58. The minimum absolute atomic E-state index is 0.0510. The maximum Gasteiger partial charge on any atom is 0.291 e. The standard InChI is InChI=1S/C21H23BrN4O4/c22-18-8-7-17(30-18)20(28)24-16-3-1-14(2-4-16)21(29)26-11-9-25(10-12-26)13-19(27)23-15-5-6-15/h1-4,7-8,15H,5-6,9-13H2,(H,23,27)(H,24,28). The van der Waals surface area contributed by atoms with E-state index in [0.717, 1.165) is 12.8 Å². The molecule has 0 atom stereocenters. The van der Waals surface area contributed by atoms with Gasteiger partial charge in [-0.3, -0.25) is 19.3 Å². The second-order valence-corrected chi connectivity index (χ2v) is 8.33. The van der Waals surface area contributed by atoms with Crippen molar-refractivity contribution in [1.82, 2.24) is 15.1 Å². The third kappa shape index (κ3) is 5.28. The molecule has 3 amide bonds. The maximum atomic E-state index is 12.8. The summed E-state index contributed by atoms with van der Waals surface area (Å²) in [5, 5.41) is 5.73. The van der Waals surface area contributed by atoms with E-state index in [4.69, 9.17) is 4.42 Å². The fourth-order valence-electron chi connectivity index (χ4n) is 3.32. The SMILES string of the molecule is O=C(CN1CCN(C(=O)c2ccc(NC(=O)c3ccc(Br)o3)cc2)CC1)NC1CC1. The van der Waals surface area contributed by atoms with Gasteiger partial charge < -0.3 is 20.0 Å². The van der Waals surface area contributed by atoms with Gasteiger partial charge in [-0.2, -0.15) is 0 Å². The van der Waals surface area contributed by atoms with Crippen molar-refractivity contribution in [2.75, 3.05) is 38.0 Å². The van der Waals surface area contributed by atoms with Crippen molar-refractivity contribution in [2.45, 2.75) is 18.9 Å². The van der Waals surface area contributed by atoms with Gasteiger partial charge in [-0.05, 0) is 65.2 Å². The highest BCUT2D eigenvalue weighted by Gasteiger charge is 2.26. The topological polar surface area (TPSA) is 94.9 Å². The lowest BCUT2D eigenvalue weighted by molar-refractivity contribution is -0.122. The molecule has 0 unspecified atom stereocenters. The quantitative estimate of drug-likeness (QED) is 0.669. The normalized spacial score (nSPS) is 16.9. The first kappa shape index (κ1) is 20.6. The summed E-state index contributed by atoms with van der Waals surface area (Å²) in [4.78, 5) is 40.7. The van der Waals surface area contributed by atoms with Gasteiger partial charge in [0.05, 0.1) is 6.54 Å². The van der Waals surface area contributed by atoms with Crippen LogP contribution in [0.5, 0.6) is 0 Å². The van der Waals surface area contributed by atoms with Crippen LogP contribution in [0.25, 0.3) is 0 Å². The lowest BCUT2D eigenvalue weighted by Crippen LogP contribution is -2.51. The monoisotopic (exact) mass is 474 g/mol. The second-order valence-electron chi connectivity index (χ2n) is 7.55. The van der Waals surface area contributed by atoms with E-state index in [9.17, 15) is 14.4 Å². The predicted molar refractivity (Wildman–Crippen MR) is 114 cm³/mol. The number of nitrogens with one attached hydrogen (secondary N) is 2. The molecule has 0 bridgehead atoms. The van der Waals surface area contributed by atoms with Crippen molar-refractivity contribution >= 4 is 39.3 Å². The van der Waals surface area contributed by atoms with Crippen LogP contribution in [0.15, 0.2) is 45.5 Å². The first-order valence-electron chi connectivity index (χ1n) is 9.96.